The van der Waals surface area contributed by atoms with Gasteiger partial charge in [0.25, 0.3) is 0 Å². The lowest BCUT2D eigenvalue weighted by Crippen LogP contribution is -2.11. The molecule has 8 aromatic rings. The van der Waals surface area contributed by atoms with Gasteiger partial charge >= 0.3 is 0 Å². The number of thioether (sulfide) groups is 1. The predicted octanol–water partition coefficient (Wildman–Crippen LogP) is 34.6. The normalized spacial score (nSPS) is 14.4. The molecule has 0 fully saturated rings. The molecule has 8 aliphatic rings. The first-order valence-electron chi connectivity index (χ1n) is 50.8. The number of aryl methyl sites for hydroxylation is 10. The van der Waals surface area contributed by atoms with Gasteiger partial charge in [0.15, 0.2) is 11.5 Å². The molecule has 16 rings (SSSR count). The number of rotatable bonds is 0. The molecule has 131 heavy (non-hydrogen) atoms. The summed E-state index contributed by atoms with van der Waals surface area (Å²) in [6.45, 7) is 92.9. The van der Waals surface area contributed by atoms with E-state index in [4.69, 9.17) is 47.4 Å². The van der Waals surface area contributed by atoms with Crippen LogP contribution >= 0.6 is 22.2 Å². The first kappa shape index (κ1) is 139. The Hall–Kier alpha value is -7.82. The van der Waals surface area contributed by atoms with Crippen molar-refractivity contribution in [3.8, 4) is 51.9 Å². The van der Waals surface area contributed by atoms with E-state index in [1.54, 1.807) is 0 Å². The number of nitrogens with zero attached hydrogens (tertiary/aromatic N) is 1. The van der Waals surface area contributed by atoms with Gasteiger partial charge in [-0.1, -0.05) is 352 Å². The number of ether oxygens (including phenoxy) is 10. The fourth-order valence-electron chi connectivity index (χ4n) is 11.8. The van der Waals surface area contributed by atoms with Gasteiger partial charge in [0.05, 0.1) is 71.8 Å². The lowest BCUT2D eigenvalue weighted by atomic mass is 10.0. The van der Waals surface area contributed by atoms with Crippen molar-refractivity contribution in [3.63, 3.8) is 0 Å². The van der Waals surface area contributed by atoms with Crippen molar-refractivity contribution < 1.29 is 51.6 Å². The Morgan fingerprint density at radius 1 is 0.321 bits per heavy atom. The molecular formula is C116H199NO11S3. The van der Waals surface area contributed by atoms with Crippen LogP contribution in [0.1, 0.15) is 337 Å². The zero-order valence-electron chi connectivity index (χ0n) is 91.7. The molecule has 15 heteroatoms. The number of fused-ring (bicyclic) bond motifs is 8. The third kappa shape index (κ3) is 63.1. The monoisotopic (exact) mass is 1880 g/mol. The summed E-state index contributed by atoms with van der Waals surface area (Å²) in [4.78, 5) is 4.20. The summed E-state index contributed by atoms with van der Waals surface area (Å²) >= 11 is 1.94. The Morgan fingerprint density at radius 3 is 1.21 bits per heavy atom. The second kappa shape index (κ2) is 96.7. The molecule has 0 amide bonds. The maximum Gasteiger partial charge on any atom is 0.216 e. The summed E-state index contributed by atoms with van der Waals surface area (Å²) in [5, 5.41) is 0. The van der Waals surface area contributed by atoms with E-state index in [1.807, 2.05) is 289 Å². The molecule has 0 spiro atoms. The molecule has 9 heterocycles. The number of hydrogen-bond acceptors (Lipinski definition) is 13. The van der Waals surface area contributed by atoms with Crippen molar-refractivity contribution in [2.45, 2.75) is 352 Å². The number of benzene rings is 7. The smallest absolute Gasteiger partial charge is 0.216 e. The molecule has 2 unspecified atom stereocenters. The second-order valence-corrected chi connectivity index (χ2v) is 31.9. The standard InChI is InChI=1S/C12H14O.C11H14O2S.C11H14OS.C11H14O.2C10H12O2.C10H12OS.C9H11NO.16C2H6/c1-9-3-4-12-11(7-9)8-10(2)5-6-13-12;1-9-3-4-11-10(7-9)8-14(2,12)6-5-13-11;1-9-3-4-11-10(7-9)8-13(2)6-5-12-11;1-9-5-6-11-10(8-9)4-2-3-7-12-11;1-8-3-4-9-10(7-8)12-6-2-5-11-9;1-8-2-3-10-9(6-8)7-11-4-5-12-10;1-8-2-3-10-9(6-8)7-12-5-4-11-10;1-7-5-8-3-2-4-11-9(8)10-6-7;16*1-2/h3-4,7H,2,5-6,8H2,1H3;3-4,7H,2,5-6,8H2,1H3;3-4,7H,2,5-6,8H2,1H3;5-6,8H,2-4,7H2,1H3;3-4,7H,2,5-6H2,1H3;2*2-3,6H,4-5,7H2,1H3;5-6H,2-4H2,1H3;16*1-2H3. The van der Waals surface area contributed by atoms with Crippen molar-refractivity contribution >= 4 is 43.5 Å². The van der Waals surface area contributed by atoms with E-state index in [9.17, 15) is 4.21 Å². The van der Waals surface area contributed by atoms with Gasteiger partial charge in [-0.05, 0) is 186 Å². The molecule has 0 saturated carbocycles. The van der Waals surface area contributed by atoms with Crippen LogP contribution in [-0.2, 0) is 57.4 Å². The van der Waals surface area contributed by atoms with Crippen LogP contribution in [0.4, 0.5) is 0 Å². The SMILES string of the molecule is C=C1CCOc2ccc(C)cc2C1.C=S1(=O)CCOc2ccc(C)cc2C1.C=S1CCOc2ccc(C)cc2C1.CC.CC.CC.CC.CC.CC.CC.CC.CC.CC.CC.CC.CC.CC.CC.CC.Cc1ccc2c(c1)CCCCO2.Cc1ccc2c(c1)COCCO2.Cc1ccc2c(c1)CSCCO2.Cc1ccc2c(c1)OCCCO2.Cc1cnc2c(c1)CCCO2. The molecule has 0 radical (unpaired) electrons. The van der Waals surface area contributed by atoms with Crippen LogP contribution in [0.25, 0.3) is 0 Å². The summed E-state index contributed by atoms with van der Waals surface area (Å²) in [6.07, 6.45) is 10.6. The Kier molecular flexibility index (Phi) is 102. The summed E-state index contributed by atoms with van der Waals surface area (Å²) in [6, 6.07) is 45.9. The van der Waals surface area contributed by atoms with Crippen LogP contribution in [0.15, 0.2) is 152 Å². The molecule has 752 valence electrons. The number of aromatic nitrogens is 1. The summed E-state index contributed by atoms with van der Waals surface area (Å²) < 4.78 is 67.0. The Balaban J connectivity index is -0.000000210. The van der Waals surface area contributed by atoms with Gasteiger partial charge < -0.3 is 47.4 Å². The maximum atomic E-state index is 11.9. The zero-order chi connectivity index (χ0) is 102. The van der Waals surface area contributed by atoms with Crippen molar-refractivity contribution in [2.75, 3.05) is 83.3 Å². The fraction of sp³-hybridized carbons (Fsp3) is 0.560. The quantitative estimate of drug-likeness (QED) is 0.106. The van der Waals surface area contributed by atoms with Gasteiger partial charge in [0.2, 0.25) is 5.88 Å². The summed E-state index contributed by atoms with van der Waals surface area (Å²) in [7, 11) is -1.73. The molecule has 0 saturated heterocycles. The molecule has 1 aromatic heterocycles. The molecule has 0 aliphatic carbocycles. The third-order valence-electron chi connectivity index (χ3n) is 16.9. The summed E-state index contributed by atoms with van der Waals surface area (Å²) in [5.74, 6) is 22.1. The molecule has 0 N–H and O–H groups in total. The minimum atomic E-state index is -1.97. The summed E-state index contributed by atoms with van der Waals surface area (Å²) in [5.41, 5.74) is 20.2. The third-order valence-corrected chi connectivity index (χ3v) is 21.1. The van der Waals surface area contributed by atoms with Crippen molar-refractivity contribution in [3.05, 3.63) is 235 Å². The topological polar surface area (TPSA) is 122 Å². The molecule has 7 aromatic carbocycles. The van der Waals surface area contributed by atoms with Crippen LogP contribution in [0.5, 0.6) is 51.9 Å². The highest BCUT2D eigenvalue weighted by atomic mass is 32.2. The Morgan fingerprint density at radius 2 is 0.679 bits per heavy atom. The van der Waals surface area contributed by atoms with Crippen LogP contribution < -0.4 is 42.6 Å². The Labute approximate surface area is 817 Å². The lowest BCUT2D eigenvalue weighted by molar-refractivity contribution is 0.107. The van der Waals surface area contributed by atoms with E-state index >= 15 is 0 Å². The van der Waals surface area contributed by atoms with Gasteiger partial charge in [-0.15, -0.1) is 0 Å². The van der Waals surface area contributed by atoms with Gasteiger partial charge in [-0.3, -0.25) is 4.21 Å². The van der Waals surface area contributed by atoms with Gasteiger partial charge in [-0.2, -0.15) is 22.2 Å². The highest BCUT2D eigenvalue weighted by Crippen LogP contribution is 2.34. The lowest BCUT2D eigenvalue weighted by Gasteiger charge is -2.15. The highest BCUT2D eigenvalue weighted by molar-refractivity contribution is 8.13. The average Bonchev–Trinajstić information content (AvgIpc) is 1.81. The first-order valence-corrected chi connectivity index (χ1v) is 55.7. The average molecular weight is 1880 g/mol. The molecule has 12 nitrogen and oxygen atoms in total. The molecular weight excluding hydrogens is 1680 g/mol. The predicted molar refractivity (Wildman–Crippen MR) is 595 cm³/mol. The van der Waals surface area contributed by atoms with Crippen LogP contribution in [0, 0.1) is 55.4 Å². The Bertz CT molecular complexity index is 3790. The minimum absolute atomic E-state index is 0.248. The molecule has 2 atom stereocenters. The van der Waals surface area contributed by atoms with E-state index in [2.05, 4.69) is 163 Å². The molecule has 8 aliphatic heterocycles. The van der Waals surface area contributed by atoms with Crippen molar-refractivity contribution in [1.82, 2.24) is 4.98 Å². The zero-order valence-corrected chi connectivity index (χ0v) is 94.2. The van der Waals surface area contributed by atoms with Crippen LogP contribution in [0.2, 0.25) is 0 Å². The number of pyridine rings is 1. The van der Waals surface area contributed by atoms with Crippen molar-refractivity contribution in [1.29, 1.82) is 0 Å². The van der Waals surface area contributed by atoms with E-state index < -0.39 is 9.52 Å². The maximum absolute atomic E-state index is 11.9. The largest absolute Gasteiger partial charge is 0.493 e. The number of hydrogen-bond donors (Lipinski definition) is 0. The minimum Gasteiger partial charge on any atom is -0.493 e. The van der Waals surface area contributed by atoms with E-state index in [-0.39, 0.29) is 10.5 Å². The van der Waals surface area contributed by atoms with Gasteiger partial charge in [-0.25, -0.2) is 4.98 Å². The highest BCUT2D eigenvalue weighted by Gasteiger charge is 2.18. The van der Waals surface area contributed by atoms with Gasteiger partial charge in [0.1, 0.15) is 41.1 Å². The van der Waals surface area contributed by atoms with Crippen LogP contribution in [0.3, 0.4) is 0 Å². The van der Waals surface area contributed by atoms with Crippen molar-refractivity contribution in [2.24, 2.45) is 0 Å². The van der Waals surface area contributed by atoms with Gasteiger partial charge in [0, 0.05) is 75.6 Å². The van der Waals surface area contributed by atoms with E-state index in [0.717, 1.165) is 164 Å². The van der Waals surface area contributed by atoms with E-state index in [0.29, 0.717) is 37.9 Å². The first-order chi connectivity index (χ1) is 63.9. The fourth-order valence-corrected chi connectivity index (χ4v) is 15.0. The molecule has 0 bridgehead atoms. The second-order valence-electron chi connectivity index (χ2n) is 26.2. The van der Waals surface area contributed by atoms with E-state index in [1.165, 1.54) is 97.2 Å². The van der Waals surface area contributed by atoms with Crippen LogP contribution in [-0.4, -0.2) is 104 Å².